The predicted octanol–water partition coefficient (Wildman–Crippen LogP) is 4.18. The Morgan fingerprint density at radius 2 is 1.82 bits per heavy atom. The van der Waals surface area contributed by atoms with E-state index in [1.165, 1.54) is 0 Å². The first-order valence-electron chi connectivity index (χ1n) is 6.17. The summed E-state index contributed by atoms with van der Waals surface area (Å²) in [5, 5.41) is 2.88. The SMILES string of the molecule is CC.CCc1ccccc1NC(=O)C=C(C)C. The molecule has 0 bridgehead atoms. The number of anilines is 1. The van der Waals surface area contributed by atoms with E-state index >= 15 is 0 Å². The van der Waals surface area contributed by atoms with Gasteiger partial charge in [0.1, 0.15) is 0 Å². The first kappa shape index (κ1) is 15.4. The van der Waals surface area contributed by atoms with E-state index in [0.717, 1.165) is 23.2 Å². The molecule has 0 fully saturated rings. The highest BCUT2D eigenvalue weighted by Crippen LogP contribution is 2.15. The monoisotopic (exact) mass is 233 g/mol. The van der Waals surface area contributed by atoms with Crippen LogP contribution in [0.1, 0.15) is 40.2 Å². The van der Waals surface area contributed by atoms with Crippen molar-refractivity contribution in [1.82, 2.24) is 0 Å². The van der Waals surface area contributed by atoms with Gasteiger partial charge in [-0.3, -0.25) is 4.79 Å². The summed E-state index contributed by atoms with van der Waals surface area (Å²) < 4.78 is 0. The zero-order chi connectivity index (χ0) is 13.3. The van der Waals surface area contributed by atoms with Crippen LogP contribution >= 0.6 is 0 Å². The number of hydrogen-bond acceptors (Lipinski definition) is 1. The minimum Gasteiger partial charge on any atom is -0.322 e. The summed E-state index contributed by atoms with van der Waals surface area (Å²) >= 11 is 0. The van der Waals surface area contributed by atoms with E-state index in [-0.39, 0.29) is 5.91 Å². The van der Waals surface area contributed by atoms with Gasteiger partial charge in [-0.05, 0) is 31.9 Å². The minimum atomic E-state index is -0.0594. The maximum absolute atomic E-state index is 11.5. The third-order valence-electron chi connectivity index (χ3n) is 2.08. The van der Waals surface area contributed by atoms with Gasteiger partial charge in [-0.2, -0.15) is 0 Å². The quantitative estimate of drug-likeness (QED) is 0.780. The molecule has 1 rings (SSSR count). The van der Waals surface area contributed by atoms with Gasteiger partial charge in [0, 0.05) is 11.8 Å². The summed E-state index contributed by atoms with van der Waals surface area (Å²) in [6.45, 7) is 9.89. The van der Waals surface area contributed by atoms with E-state index in [1.807, 2.05) is 52.0 Å². The standard InChI is InChI=1S/C13H17NO.C2H6/c1-4-11-7-5-6-8-12(11)14-13(15)9-10(2)3;1-2/h5-9H,4H2,1-3H3,(H,14,15);1-2H3. The topological polar surface area (TPSA) is 29.1 Å². The predicted molar refractivity (Wildman–Crippen MR) is 75.2 cm³/mol. The summed E-state index contributed by atoms with van der Waals surface area (Å²) in [6, 6.07) is 7.86. The molecule has 2 nitrogen and oxygen atoms in total. The van der Waals surface area contributed by atoms with Crippen LogP contribution in [0.5, 0.6) is 0 Å². The highest BCUT2D eigenvalue weighted by Gasteiger charge is 2.02. The number of carbonyl (C=O) groups is 1. The number of aryl methyl sites for hydroxylation is 1. The molecule has 94 valence electrons. The van der Waals surface area contributed by atoms with Crippen LogP contribution < -0.4 is 5.32 Å². The lowest BCUT2D eigenvalue weighted by atomic mass is 10.1. The molecular weight excluding hydrogens is 210 g/mol. The lowest BCUT2D eigenvalue weighted by Crippen LogP contribution is -2.10. The summed E-state index contributed by atoms with van der Waals surface area (Å²) in [5.41, 5.74) is 3.07. The Bertz CT molecular complexity index is 376. The second-order valence-electron chi connectivity index (χ2n) is 3.72. The van der Waals surface area contributed by atoms with Crippen molar-refractivity contribution < 1.29 is 4.79 Å². The van der Waals surface area contributed by atoms with Gasteiger partial charge in [0.15, 0.2) is 0 Å². The highest BCUT2D eigenvalue weighted by molar-refractivity contribution is 6.00. The zero-order valence-corrected chi connectivity index (χ0v) is 11.5. The average Bonchev–Trinajstić information content (AvgIpc) is 2.31. The molecule has 0 aliphatic rings. The molecule has 0 atom stereocenters. The van der Waals surface area contributed by atoms with Crippen LogP contribution in [0.15, 0.2) is 35.9 Å². The first-order chi connectivity index (χ1) is 8.13. The fourth-order valence-corrected chi connectivity index (χ4v) is 1.38. The van der Waals surface area contributed by atoms with E-state index in [2.05, 4.69) is 12.2 Å². The Morgan fingerprint density at radius 3 is 2.35 bits per heavy atom. The molecule has 1 aromatic carbocycles. The van der Waals surface area contributed by atoms with Gasteiger partial charge in [-0.25, -0.2) is 0 Å². The second kappa shape index (κ2) is 8.57. The number of carbonyl (C=O) groups excluding carboxylic acids is 1. The molecule has 1 aromatic rings. The van der Waals surface area contributed by atoms with E-state index < -0.39 is 0 Å². The Hall–Kier alpha value is -1.57. The maximum atomic E-state index is 11.5. The van der Waals surface area contributed by atoms with Crippen molar-refractivity contribution in [3.8, 4) is 0 Å². The molecule has 0 heterocycles. The van der Waals surface area contributed by atoms with Crippen LogP contribution in [0.3, 0.4) is 0 Å². The lowest BCUT2D eigenvalue weighted by molar-refractivity contribution is -0.111. The summed E-state index contributed by atoms with van der Waals surface area (Å²) in [6.07, 6.45) is 2.53. The van der Waals surface area contributed by atoms with Gasteiger partial charge >= 0.3 is 0 Å². The molecule has 1 amide bonds. The number of benzene rings is 1. The van der Waals surface area contributed by atoms with Gasteiger partial charge in [0.2, 0.25) is 5.91 Å². The van der Waals surface area contributed by atoms with E-state index in [9.17, 15) is 4.79 Å². The number of para-hydroxylation sites is 1. The molecule has 2 heteroatoms. The Balaban J connectivity index is 0.00000121. The molecule has 0 spiro atoms. The molecule has 0 aliphatic heterocycles. The molecule has 0 saturated heterocycles. The van der Waals surface area contributed by atoms with Gasteiger partial charge in [-0.15, -0.1) is 0 Å². The lowest BCUT2D eigenvalue weighted by Gasteiger charge is -2.07. The van der Waals surface area contributed by atoms with Crippen molar-refractivity contribution in [3.63, 3.8) is 0 Å². The largest absolute Gasteiger partial charge is 0.322 e. The maximum Gasteiger partial charge on any atom is 0.248 e. The van der Waals surface area contributed by atoms with Gasteiger partial charge in [0.25, 0.3) is 0 Å². The number of hydrogen-bond donors (Lipinski definition) is 1. The van der Waals surface area contributed by atoms with Crippen LogP contribution in [-0.2, 0) is 11.2 Å². The average molecular weight is 233 g/mol. The Kier molecular flexibility index (Phi) is 7.78. The van der Waals surface area contributed by atoms with E-state index in [4.69, 9.17) is 0 Å². The van der Waals surface area contributed by atoms with Crippen LogP contribution in [-0.4, -0.2) is 5.91 Å². The minimum absolute atomic E-state index is 0.0594. The molecule has 0 aromatic heterocycles. The van der Waals surface area contributed by atoms with Gasteiger partial charge < -0.3 is 5.32 Å². The Morgan fingerprint density at radius 1 is 1.24 bits per heavy atom. The van der Waals surface area contributed by atoms with Crippen LogP contribution in [0.25, 0.3) is 0 Å². The van der Waals surface area contributed by atoms with E-state index in [0.29, 0.717) is 0 Å². The molecule has 0 radical (unpaired) electrons. The number of allylic oxidation sites excluding steroid dienone is 1. The third kappa shape index (κ3) is 5.91. The zero-order valence-electron chi connectivity index (χ0n) is 11.5. The van der Waals surface area contributed by atoms with Crippen LogP contribution in [0.4, 0.5) is 5.69 Å². The molecular formula is C15H23NO. The second-order valence-corrected chi connectivity index (χ2v) is 3.72. The molecule has 0 saturated carbocycles. The van der Waals surface area contributed by atoms with Crippen molar-refractivity contribution in [1.29, 1.82) is 0 Å². The summed E-state index contributed by atoms with van der Waals surface area (Å²) in [4.78, 5) is 11.5. The van der Waals surface area contributed by atoms with Crippen molar-refractivity contribution in [3.05, 3.63) is 41.5 Å². The van der Waals surface area contributed by atoms with Gasteiger partial charge in [0.05, 0.1) is 0 Å². The van der Waals surface area contributed by atoms with Crippen LogP contribution in [0.2, 0.25) is 0 Å². The van der Waals surface area contributed by atoms with Gasteiger partial charge in [-0.1, -0.05) is 44.5 Å². The van der Waals surface area contributed by atoms with Crippen molar-refractivity contribution in [2.45, 2.75) is 41.0 Å². The highest BCUT2D eigenvalue weighted by atomic mass is 16.1. The number of rotatable bonds is 3. The molecule has 1 N–H and O–H groups in total. The molecule has 0 unspecified atom stereocenters. The van der Waals surface area contributed by atoms with Crippen molar-refractivity contribution >= 4 is 11.6 Å². The molecule has 17 heavy (non-hydrogen) atoms. The molecule has 0 aliphatic carbocycles. The van der Waals surface area contributed by atoms with Crippen molar-refractivity contribution in [2.75, 3.05) is 5.32 Å². The number of amides is 1. The van der Waals surface area contributed by atoms with Crippen LogP contribution in [0, 0.1) is 0 Å². The van der Waals surface area contributed by atoms with E-state index in [1.54, 1.807) is 6.08 Å². The summed E-state index contributed by atoms with van der Waals surface area (Å²) in [7, 11) is 0. The fourth-order valence-electron chi connectivity index (χ4n) is 1.38. The third-order valence-corrected chi connectivity index (χ3v) is 2.08. The normalized spacial score (nSPS) is 8.76. The smallest absolute Gasteiger partial charge is 0.248 e. The first-order valence-corrected chi connectivity index (χ1v) is 6.17. The summed E-state index contributed by atoms with van der Waals surface area (Å²) in [5.74, 6) is -0.0594. The fraction of sp³-hybridized carbons (Fsp3) is 0.400. The number of nitrogens with one attached hydrogen (secondary N) is 1. The van der Waals surface area contributed by atoms with Crippen molar-refractivity contribution in [2.24, 2.45) is 0 Å². The Labute approximate surface area is 105 Å².